The maximum absolute atomic E-state index is 11.7. The lowest BCUT2D eigenvalue weighted by Crippen LogP contribution is -2.42. The van der Waals surface area contributed by atoms with Crippen LogP contribution in [0.1, 0.15) is 30.1 Å². The number of carbonyl (C=O) groups excluding carboxylic acids is 1. The molecule has 0 unspecified atom stereocenters. The average Bonchev–Trinajstić information content (AvgIpc) is 2.28. The SMILES string of the molecule is CCC[C@@H](NC(=O)c1c[nH]ccc1=O)C(=O)O. The molecule has 0 aliphatic carbocycles. The van der Waals surface area contributed by atoms with E-state index in [2.05, 4.69) is 10.3 Å². The zero-order valence-electron chi connectivity index (χ0n) is 9.40. The molecular weight excluding hydrogens is 224 g/mol. The van der Waals surface area contributed by atoms with E-state index in [1.54, 1.807) is 0 Å². The molecule has 17 heavy (non-hydrogen) atoms. The first-order valence-electron chi connectivity index (χ1n) is 5.27. The van der Waals surface area contributed by atoms with Crippen molar-refractivity contribution in [1.29, 1.82) is 0 Å². The number of rotatable bonds is 5. The summed E-state index contributed by atoms with van der Waals surface area (Å²) < 4.78 is 0. The number of carboxylic acids is 1. The number of nitrogens with one attached hydrogen (secondary N) is 2. The highest BCUT2D eigenvalue weighted by atomic mass is 16.4. The number of aromatic amines is 1. The molecule has 1 aromatic heterocycles. The van der Waals surface area contributed by atoms with Crippen molar-refractivity contribution < 1.29 is 14.7 Å². The van der Waals surface area contributed by atoms with Crippen LogP contribution < -0.4 is 10.7 Å². The molecule has 0 aromatic carbocycles. The van der Waals surface area contributed by atoms with Crippen molar-refractivity contribution in [3.63, 3.8) is 0 Å². The largest absolute Gasteiger partial charge is 0.480 e. The van der Waals surface area contributed by atoms with Crippen LogP contribution in [0.4, 0.5) is 0 Å². The summed E-state index contributed by atoms with van der Waals surface area (Å²) in [6, 6.07) is 0.247. The Morgan fingerprint density at radius 1 is 1.53 bits per heavy atom. The number of carbonyl (C=O) groups is 2. The van der Waals surface area contributed by atoms with Crippen molar-refractivity contribution in [2.24, 2.45) is 0 Å². The van der Waals surface area contributed by atoms with Gasteiger partial charge in [-0.3, -0.25) is 9.59 Å². The standard InChI is InChI=1S/C11H14N2O4/c1-2-3-8(11(16)17)13-10(15)7-6-12-5-4-9(7)14/h4-6,8H,2-3H2,1H3,(H,12,14)(H,13,15)(H,16,17)/t8-/m1/s1. The van der Waals surface area contributed by atoms with Crippen molar-refractivity contribution in [2.45, 2.75) is 25.8 Å². The van der Waals surface area contributed by atoms with Crippen LogP contribution >= 0.6 is 0 Å². The van der Waals surface area contributed by atoms with Crippen LogP contribution in [0.3, 0.4) is 0 Å². The fourth-order valence-electron chi connectivity index (χ4n) is 1.38. The number of carboxylic acid groups (broad SMARTS) is 1. The quantitative estimate of drug-likeness (QED) is 0.689. The monoisotopic (exact) mass is 238 g/mol. The highest BCUT2D eigenvalue weighted by Gasteiger charge is 2.20. The second-order valence-corrected chi connectivity index (χ2v) is 3.58. The normalized spacial score (nSPS) is 11.8. The Bertz CT molecular complexity index is 467. The Labute approximate surface area is 97.7 Å². The number of H-pyrrole nitrogens is 1. The number of hydrogen-bond donors (Lipinski definition) is 3. The Morgan fingerprint density at radius 2 is 2.24 bits per heavy atom. The van der Waals surface area contributed by atoms with Crippen LogP contribution in [0, 0.1) is 0 Å². The highest BCUT2D eigenvalue weighted by Crippen LogP contribution is 1.98. The minimum absolute atomic E-state index is 0.0881. The van der Waals surface area contributed by atoms with Gasteiger partial charge in [-0.1, -0.05) is 13.3 Å². The van der Waals surface area contributed by atoms with Gasteiger partial charge in [0.25, 0.3) is 5.91 Å². The van der Waals surface area contributed by atoms with Crippen molar-refractivity contribution in [3.05, 3.63) is 34.2 Å². The molecule has 3 N–H and O–H groups in total. The van der Waals surface area contributed by atoms with Crippen LogP contribution in [0.25, 0.3) is 0 Å². The van der Waals surface area contributed by atoms with Crippen molar-refractivity contribution in [3.8, 4) is 0 Å². The van der Waals surface area contributed by atoms with Gasteiger partial charge in [0.1, 0.15) is 11.6 Å². The molecule has 0 saturated carbocycles. The third kappa shape index (κ3) is 3.44. The predicted molar refractivity (Wildman–Crippen MR) is 60.9 cm³/mol. The lowest BCUT2D eigenvalue weighted by molar-refractivity contribution is -0.139. The zero-order valence-corrected chi connectivity index (χ0v) is 9.40. The van der Waals surface area contributed by atoms with Crippen molar-refractivity contribution in [1.82, 2.24) is 10.3 Å². The molecular formula is C11H14N2O4. The first-order valence-corrected chi connectivity index (χ1v) is 5.27. The summed E-state index contributed by atoms with van der Waals surface area (Å²) in [7, 11) is 0. The molecule has 1 aromatic rings. The van der Waals surface area contributed by atoms with E-state index < -0.39 is 23.3 Å². The van der Waals surface area contributed by atoms with Gasteiger partial charge in [-0.15, -0.1) is 0 Å². The van der Waals surface area contributed by atoms with Gasteiger partial charge in [-0.25, -0.2) is 4.79 Å². The van der Waals surface area contributed by atoms with Crippen molar-refractivity contribution >= 4 is 11.9 Å². The fourth-order valence-corrected chi connectivity index (χ4v) is 1.38. The molecule has 1 amide bonds. The molecule has 0 bridgehead atoms. The molecule has 92 valence electrons. The van der Waals surface area contributed by atoms with Gasteiger partial charge in [0, 0.05) is 18.5 Å². The Balaban J connectivity index is 2.81. The molecule has 6 heteroatoms. The summed E-state index contributed by atoms with van der Waals surface area (Å²) in [5, 5.41) is 11.2. The second-order valence-electron chi connectivity index (χ2n) is 3.58. The average molecular weight is 238 g/mol. The lowest BCUT2D eigenvalue weighted by Gasteiger charge is -2.12. The van der Waals surface area contributed by atoms with Gasteiger partial charge in [0.05, 0.1) is 0 Å². The number of aliphatic carboxylic acids is 1. The topological polar surface area (TPSA) is 99.3 Å². The molecule has 1 atom stereocenters. The van der Waals surface area contributed by atoms with E-state index in [0.717, 1.165) is 0 Å². The summed E-state index contributed by atoms with van der Waals surface area (Å²) in [5.74, 6) is -1.78. The molecule has 0 aliphatic heterocycles. The maximum Gasteiger partial charge on any atom is 0.326 e. The Hall–Kier alpha value is -2.11. The van der Waals surface area contributed by atoms with E-state index in [1.807, 2.05) is 6.92 Å². The molecule has 1 rings (SSSR count). The second kappa shape index (κ2) is 5.83. The number of aromatic nitrogens is 1. The molecule has 6 nitrogen and oxygen atoms in total. The van der Waals surface area contributed by atoms with Crippen LogP contribution in [0.5, 0.6) is 0 Å². The van der Waals surface area contributed by atoms with Gasteiger partial charge in [0.15, 0.2) is 5.43 Å². The van der Waals surface area contributed by atoms with Gasteiger partial charge in [-0.2, -0.15) is 0 Å². The first-order chi connectivity index (χ1) is 8.06. The number of hydrogen-bond acceptors (Lipinski definition) is 3. The summed E-state index contributed by atoms with van der Waals surface area (Å²) in [4.78, 5) is 36.5. The van der Waals surface area contributed by atoms with E-state index in [4.69, 9.17) is 5.11 Å². The molecule has 0 saturated heterocycles. The zero-order chi connectivity index (χ0) is 12.8. The van der Waals surface area contributed by atoms with E-state index >= 15 is 0 Å². The summed E-state index contributed by atoms with van der Waals surface area (Å²) >= 11 is 0. The minimum atomic E-state index is -1.10. The summed E-state index contributed by atoms with van der Waals surface area (Å²) in [5.41, 5.74) is -0.531. The summed E-state index contributed by atoms with van der Waals surface area (Å²) in [6.07, 6.45) is 3.61. The Kier molecular flexibility index (Phi) is 4.45. The van der Waals surface area contributed by atoms with E-state index in [1.165, 1.54) is 18.5 Å². The minimum Gasteiger partial charge on any atom is -0.480 e. The summed E-state index contributed by atoms with van der Waals surface area (Å²) in [6.45, 7) is 1.82. The van der Waals surface area contributed by atoms with E-state index in [0.29, 0.717) is 12.8 Å². The smallest absolute Gasteiger partial charge is 0.326 e. The van der Waals surface area contributed by atoms with Crippen LogP contribution in [-0.4, -0.2) is 28.0 Å². The molecule has 0 spiro atoms. The van der Waals surface area contributed by atoms with Crippen molar-refractivity contribution in [2.75, 3.05) is 0 Å². The van der Waals surface area contributed by atoms with Gasteiger partial charge in [0.2, 0.25) is 0 Å². The highest BCUT2D eigenvalue weighted by molar-refractivity contribution is 5.96. The number of amides is 1. The van der Waals surface area contributed by atoms with Gasteiger partial charge >= 0.3 is 5.97 Å². The van der Waals surface area contributed by atoms with Gasteiger partial charge in [-0.05, 0) is 6.42 Å². The van der Waals surface area contributed by atoms with Gasteiger partial charge < -0.3 is 15.4 Å². The fraction of sp³-hybridized carbons (Fsp3) is 0.364. The van der Waals surface area contributed by atoms with E-state index in [9.17, 15) is 14.4 Å². The molecule has 0 radical (unpaired) electrons. The lowest BCUT2D eigenvalue weighted by atomic mass is 10.1. The molecule has 0 fully saturated rings. The molecule has 1 heterocycles. The predicted octanol–water partition coefficient (Wildman–Crippen LogP) is 0.358. The van der Waals surface area contributed by atoms with E-state index in [-0.39, 0.29) is 5.56 Å². The van der Waals surface area contributed by atoms with Crippen LogP contribution in [0.2, 0.25) is 0 Å². The third-order valence-electron chi connectivity index (χ3n) is 2.25. The first kappa shape index (κ1) is 13.0. The molecule has 0 aliphatic rings. The number of pyridine rings is 1. The third-order valence-corrected chi connectivity index (χ3v) is 2.25. The maximum atomic E-state index is 11.7. The van der Waals surface area contributed by atoms with Crippen LogP contribution in [0.15, 0.2) is 23.3 Å². The van der Waals surface area contributed by atoms with Crippen LogP contribution in [-0.2, 0) is 4.79 Å². The Morgan fingerprint density at radius 3 is 2.76 bits per heavy atom.